The molecule has 2 aromatic rings. The minimum absolute atomic E-state index is 0.0276. The molecule has 0 aliphatic heterocycles. The van der Waals surface area contributed by atoms with Gasteiger partial charge in [-0.05, 0) is 18.2 Å². The lowest BCUT2D eigenvalue weighted by Gasteiger charge is -2.13. The fourth-order valence-electron chi connectivity index (χ4n) is 1.70. The Labute approximate surface area is 130 Å². The summed E-state index contributed by atoms with van der Waals surface area (Å²) in [5, 5.41) is 22.9. The standard InChI is InChI=1S/C15H12ClNO5/c16-11-3-1-2-4-13(11)22-8-14(19)17-12-6-5-9(18)7-10(12)15(20)21/h1-7,18H,8H2,(H,17,19)(H,20,21)/p-1. The number of amides is 1. The van der Waals surface area contributed by atoms with Crippen molar-refractivity contribution >= 4 is 29.2 Å². The molecule has 0 aliphatic carbocycles. The van der Waals surface area contributed by atoms with Gasteiger partial charge in [-0.2, -0.15) is 0 Å². The first kappa shape index (κ1) is 15.7. The molecule has 0 aromatic heterocycles. The van der Waals surface area contributed by atoms with Gasteiger partial charge in [0.15, 0.2) is 6.61 Å². The molecule has 0 saturated heterocycles. The molecule has 1 amide bonds. The summed E-state index contributed by atoms with van der Waals surface area (Å²) in [6, 6.07) is 9.98. The van der Waals surface area contributed by atoms with Gasteiger partial charge in [0.1, 0.15) is 5.75 Å². The summed E-state index contributed by atoms with van der Waals surface area (Å²) in [5.74, 6) is -1.99. The third kappa shape index (κ3) is 3.89. The van der Waals surface area contributed by atoms with Crippen LogP contribution in [-0.2, 0) is 4.79 Å². The summed E-state index contributed by atoms with van der Waals surface area (Å²) < 4.78 is 5.24. The third-order valence-corrected chi connectivity index (χ3v) is 3.00. The van der Waals surface area contributed by atoms with Crippen molar-refractivity contribution in [3.63, 3.8) is 0 Å². The molecule has 0 unspecified atom stereocenters. The van der Waals surface area contributed by atoms with Crippen LogP contribution in [0.4, 0.5) is 5.69 Å². The molecule has 0 spiro atoms. The molecular weight excluding hydrogens is 310 g/mol. The van der Waals surface area contributed by atoms with Crippen LogP contribution in [-0.4, -0.2) is 23.6 Å². The van der Waals surface area contributed by atoms with Crippen LogP contribution in [0.2, 0.25) is 5.02 Å². The average Bonchev–Trinajstić information content (AvgIpc) is 2.48. The van der Waals surface area contributed by atoms with Gasteiger partial charge in [-0.3, -0.25) is 4.79 Å². The first-order chi connectivity index (χ1) is 10.5. The first-order valence-electron chi connectivity index (χ1n) is 6.19. The SMILES string of the molecule is O=C(COc1ccccc1Cl)Nc1ccc([O-])cc1C(=O)O. The zero-order valence-corrected chi connectivity index (χ0v) is 12.0. The number of carboxylic acid groups (broad SMARTS) is 1. The number of carbonyl (C=O) groups excluding carboxylic acids is 1. The number of aromatic carboxylic acids is 1. The topological polar surface area (TPSA) is 98.7 Å². The molecule has 2 N–H and O–H groups in total. The van der Waals surface area contributed by atoms with Gasteiger partial charge in [-0.15, -0.1) is 5.75 Å². The van der Waals surface area contributed by atoms with Gasteiger partial charge in [0, 0.05) is 0 Å². The van der Waals surface area contributed by atoms with Gasteiger partial charge in [0.25, 0.3) is 5.91 Å². The van der Waals surface area contributed by atoms with Crippen LogP contribution in [0, 0.1) is 0 Å². The highest BCUT2D eigenvalue weighted by Crippen LogP contribution is 2.23. The van der Waals surface area contributed by atoms with Gasteiger partial charge >= 0.3 is 5.97 Å². The van der Waals surface area contributed by atoms with Gasteiger partial charge < -0.3 is 20.3 Å². The van der Waals surface area contributed by atoms with E-state index in [4.69, 9.17) is 21.4 Å². The highest BCUT2D eigenvalue weighted by molar-refractivity contribution is 6.32. The van der Waals surface area contributed by atoms with Crippen molar-refractivity contribution in [3.05, 3.63) is 53.1 Å². The molecule has 0 bridgehead atoms. The molecule has 2 aromatic carbocycles. The monoisotopic (exact) mass is 320 g/mol. The highest BCUT2D eigenvalue weighted by Gasteiger charge is 2.12. The number of ether oxygens (including phenoxy) is 1. The molecule has 114 valence electrons. The van der Waals surface area contributed by atoms with Crippen molar-refractivity contribution in [2.24, 2.45) is 0 Å². The minimum atomic E-state index is -1.31. The van der Waals surface area contributed by atoms with Crippen molar-refractivity contribution in [2.45, 2.75) is 0 Å². The lowest BCUT2D eigenvalue weighted by Crippen LogP contribution is -2.21. The van der Waals surface area contributed by atoms with Crippen LogP contribution in [0.15, 0.2) is 42.5 Å². The number of halogens is 1. The van der Waals surface area contributed by atoms with Crippen molar-refractivity contribution in [3.8, 4) is 11.5 Å². The Morgan fingerprint density at radius 3 is 2.64 bits per heavy atom. The Kier molecular flexibility index (Phi) is 4.85. The van der Waals surface area contributed by atoms with Gasteiger partial charge in [-0.1, -0.05) is 35.9 Å². The van der Waals surface area contributed by atoms with Crippen molar-refractivity contribution in [1.29, 1.82) is 0 Å². The van der Waals surface area contributed by atoms with Gasteiger partial charge in [-0.25, -0.2) is 4.79 Å². The van der Waals surface area contributed by atoms with Crippen LogP contribution in [0.1, 0.15) is 10.4 Å². The number of nitrogens with one attached hydrogen (secondary N) is 1. The van der Waals surface area contributed by atoms with E-state index in [1.165, 1.54) is 6.07 Å². The molecule has 22 heavy (non-hydrogen) atoms. The van der Waals surface area contributed by atoms with Crippen LogP contribution in [0.25, 0.3) is 0 Å². The van der Waals surface area contributed by atoms with E-state index in [-0.39, 0.29) is 17.9 Å². The molecule has 0 fully saturated rings. The molecule has 0 saturated carbocycles. The van der Waals surface area contributed by atoms with Crippen LogP contribution < -0.4 is 15.2 Å². The fourth-order valence-corrected chi connectivity index (χ4v) is 1.89. The minimum Gasteiger partial charge on any atom is -0.872 e. The molecule has 0 heterocycles. The van der Waals surface area contributed by atoms with Crippen molar-refractivity contribution in [1.82, 2.24) is 0 Å². The van der Waals surface area contributed by atoms with E-state index in [9.17, 15) is 14.7 Å². The van der Waals surface area contributed by atoms with E-state index in [1.54, 1.807) is 24.3 Å². The molecule has 7 heteroatoms. The average molecular weight is 321 g/mol. The summed E-state index contributed by atoms with van der Waals surface area (Å²) in [5.41, 5.74) is -0.251. The summed E-state index contributed by atoms with van der Waals surface area (Å²) in [7, 11) is 0. The van der Waals surface area contributed by atoms with Crippen molar-refractivity contribution < 1.29 is 24.5 Å². The maximum Gasteiger partial charge on any atom is 0.337 e. The van der Waals surface area contributed by atoms with E-state index in [0.717, 1.165) is 12.1 Å². The number of hydrogen-bond acceptors (Lipinski definition) is 4. The number of carbonyl (C=O) groups is 2. The smallest absolute Gasteiger partial charge is 0.337 e. The Morgan fingerprint density at radius 2 is 1.95 bits per heavy atom. The number of carboxylic acids is 1. The second-order valence-electron chi connectivity index (χ2n) is 4.28. The number of anilines is 1. The highest BCUT2D eigenvalue weighted by atomic mass is 35.5. The van der Waals surface area contributed by atoms with Gasteiger partial charge in [0.2, 0.25) is 0 Å². The van der Waals surface area contributed by atoms with E-state index in [0.29, 0.717) is 10.8 Å². The molecule has 0 radical (unpaired) electrons. The number of benzene rings is 2. The maximum absolute atomic E-state index is 11.8. The molecular formula is C15H11ClNO5-. The van der Waals surface area contributed by atoms with E-state index in [2.05, 4.69) is 5.32 Å². The fraction of sp³-hybridized carbons (Fsp3) is 0.0667. The normalized spacial score (nSPS) is 10.0. The van der Waals surface area contributed by atoms with Crippen LogP contribution >= 0.6 is 11.6 Å². The lowest BCUT2D eigenvalue weighted by atomic mass is 10.1. The summed E-state index contributed by atoms with van der Waals surface area (Å²) in [4.78, 5) is 22.8. The second kappa shape index (κ2) is 6.82. The predicted octanol–water partition coefficient (Wildman–Crippen LogP) is 2.13. The number of hydrogen-bond donors (Lipinski definition) is 2. The Bertz CT molecular complexity index is 717. The Morgan fingerprint density at radius 1 is 1.23 bits per heavy atom. The van der Waals surface area contributed by atoms with E-state index >= 15 is 0 Å². The Balaban J connectivity index is 2.04. The quantitative estimate of drug-likeness (QED) is 0.879. The summed E-state index contributed by atoms with van der Waals surface area (Å²) >= 11 is 5.88. The second-order valence-corrected chi connectivity index (χ2v) is 4.69. The summed E-state index contributed by atoms with van der Waals surface area (Å²) in [6.07, 6.45) is 0. The number of para-hydroxylation sites is 1. The van der Waals surface area contributed by atoms with Crippen molar-refractivity contribution in [2.75, 3.05) is 11.9 Å². The Hall–Kier alpha value is -2.73. The predicted molar refractivity (Wildman–Crippen MR) is 78.4 cm³/mol. The third-order valence-electron chi connectivity index (χ3n) is 2.69. The molecule has 0 atom stereocenters. The van der Waals surface area contributed by atoms with E-state index < -0.39 is 17.6 Å². The van der Waals surface area contributed by atoms with Crippen LogP contribution in [0.5, 0.6) is 11.5 Å². The molecule has 2 rings (SSSR count). The first-order valence-corrected chi connectivity index (χ1v) is 6.56. The van der Waals surface area contributed by atoms with E-state index in [1.807, 2.05) is 0 Å². The molecule has 6 nitrogen and oxygen atoms in total. The van der Waals surface area contributed by atoms with Gasteiger partial charge in [0.05, 0.1) is 16.3 Å². The summed E-state index contributed by atoms with van der Waals surface area (Å²) in [6.45, 7) is -0.345. The van der Waals surface area contributed by atoms with Crippen LogP contribution in [0.3, 0.4) is 0 Å². The largest absolute Gasteiger partial charge is 0.872 e. The zero-order valence-electron chi connectivity index (χ0n) is 11.2. The molecule has 0 aliphatic rings. The number of rotatable bonds is 5. The lowest BCUT2D eigenvalue weighted by molar-refractivity contribution is -0.268. The zero-order chi connectivity index (χ0) is 16.1. The maximum atomic E-state index is 11.8.